The van der Waals surface area contributed by atoms with E-state index in [1.165, 1.54) is 33.4 Å². The zero-order valence-electron chi connectivity index (χ0n) is 18.7. The SMILES string of the molecule is c1ccc(C2=Nc3ccccc3C(c3cc(-c4ccccc4)cc(-c4ccccc4)c3)N2)cc1. The maximum absolute atomic E-state index is 4.96. The average Bonchev–Trinajstić information content (AvgIpc) is 2.93. The van der Waals surface area contributed by atoms with Crippen molar-refractivity contribution >= 4 is 11.5 Å². The predicted molar refractivity (Wildman–Crippen MR) is 141 cm³/mol. The van der Waals surface area contributed by atoms with Crippen LogP contribution in [0.4, 0.5) is 5.69 Å². The monoisotopic (exact) mass is 436 g/mol. The van der Waals surface area contributed by atoms with Gasteiger partial charge in [0.05, 0.1) is 11.7 Å². The van der Waals surface area contributed by atoms with Crippen LogP contribution in [0.3, 0.4) is 0 Å². The first-order valence-electron chi connectivity index (χ1n) is 11.6. The molecule has 1 atom stereocenters. The molecule has 0 spiro atoms. The molecule has 5 aromatic carbocycles. The minimum Gasteiger partial charge on any atom is -0.359 e. The van der Waals surface area contributed by atoms with E-state index in [9.17, 15) is 0 Å². The lowest BCUT2D eigenvalue weighted by Gasteiger charge is -2.28. The topological polar surface area (TPSA) is 24.4 Å². The van der Waals surface area contributed by atoms with E-state index in [1.807, 2.05) is 6.07 Å². The van der Waals surface area contributed by atoms with Crippen molar-refractivity contribution in [3.8, 4) is 22.3 Å². The van der Waals surface area contributed by atoms with Crippen molar-refractivity contribution in [2.24, 2.45) is 4.99 Å². The molecule has 0 bridgehead atoms. The summed E-state index contributed by atoms with van der Waals surface area (Å²) in [5, 5.41) is 3.75. The average molecular weight is 437 g/mol. The first-order chi connectivity index (χ1) is 16.8. The molecule has 0 aromatic heterocycles. The molecule has 0 fully saturated rings. The van der Waals surface area contributed by atoms with Crippen LogP contribution >= 0.6 is 0 Å². The molecule has 0 amide bonds. The molecule has 5 aromatic rings. The molecule has 2 nitrogen and oxygen atoms in total. The van der Waals surface area contributed by atoms with Crippen molar-refractivity contribution in [2.45, 2.75) is 6.04 Å². The second kappa shape index (κ2) is 8.84. The Hall–Kier alpha value is -4.43. The molecule has 0 saturated carbocycles. The van der Waals surface area contributed by atoms with Gasteiger partial charge in [0.2, 0.25) is 0 Å². The van der Waals surface area contributed by atoms with Gasteiger partial charge in [0, 0.05) is 11.1 Å². The summed E-state index contributed by atoms with van der Waals surface area (Å²) in [5.41, 5.74) is 9.34. The second-order valence-corrected chi connectivity index (χ2v) is 8.54. The van der Waals surface area contributed by atoms with Crippen LogP contribution in [0.15, 0.2) is 138 Å². The number of rotatable bonds is 4. The first-order valence-corrected chi connectivity index (χ1v) is 11.6. The molecule has 6 rings (SSSR count). The number of para-hydroxylation sites is 1. The highest BCUT2D eigenvalue weighted by atomic mass is 15.1. The third-order valence-electron chi connectivity index (χ3n) is 6.31. The molecule has 0 radical (unpaired) electrons. The molecule has 1 heterocycles. The highest BCUT2D eigenvalue weighted by molar-refractivity contribution is 6.02. The standard InChI is InChI=1S/C32H24N2/c1-4-12-23(13-5-1)26-20-27(24-14-6-2-7-15-24)22-28(21-26)31-29-18-10-11-19-30(29)33-32(34-31)25-16-8-3-9-17-25/h1-22,31H,(H,33,34). The third kappa shape index (κ3) is 3.91. The van der Waals surface area contributed by atoms with Crippen LogP contribution < -0.4 is 5.32 Å². The summed E-state index contributed by atoms with van der Waals surface area (Å²) in [6, 6.07) is 46.9. The Labute approximate surface area is 200 Å². The van der Waals surface area contributed by atoms with E-state index >= 15 is 0 Å². The Morgan fingerprint density at radius 2 is 0.971 bits per heavy atom. The maximum Gasteiger partial charge on any atom is 0.134 e. The van der Waals surface area contributed by atoms with Crippen LogP contribution in [-0.4, -0.2) is 5.84 Å². The molecule has 162 valence electrons. The normalized spacial score (nSPS) is 14.6. The predicted octanol–water partition coefficient (Wildman–Crippen LogP) is 7.79. The third-order valence-corrected chi connectivity index (χ3v) is 6.31. The quantitative estimate of drug-likeness (QED) is 0.305. The van der Waals surface area contributed by atoms with E-state index in [1.54, 1.807) is 0 Å². The van der Waals surface area contributed by atoms with Gasteiger partial charge in [0.15, 0.2) is 0 Å². The fourth-order valence-corrected chi connectivity index (χ4v) is 4.62. The van der Waals surface area contributed by atoms with Gasteiger partial charge in [0.25, 0.3) is 0 Å². The number of hydrogen-bond acceptors (Lipinski definition) is 2. The molecule has 0 aliphatic carbocycles. The number of amidine groups is 1. The molecule has 1 aliphatic heterocycles. The number of nitrogens with one attached hydrogen (secondary N) is 1. The molecular formula is C32H24N2. The molecule has 1 unspecified atom stereocenters. The van der Waals surface area contributed by atoms with Gasteiger partial charge in [-0.25, -0.2) is 4.99 Å². The van der Waals surface area contributed by atoms with E-state index in [0.29, 0.717) is 0 Å². The summed E-state index contributed by atoms with van der Waals surface area (Å²) in [7, 11) is 0. The van der Waals surface area contributed by atoms with Crippen molar-refractivity contribution in [1.29, 1.82) is 0 Å². The second-order valence-electron chi connectivity index (χ2n) is 8.54. The smallest absolute Gasteiger partial charge is 0.134 e. The van der Waals surface area contributed by atoms with Crippen molar-refractivity contribution in [2.75, 3.05) is 0 Å². The lowest BCUT2D eigenvalue weighted by molar-refractivity contribution is 0.750. The molecule has 0 saturated heterocycles. The van der Waals surface area contributed by atoms with E-state index in [2.05, 4.69) is 133 Å². The van der Waals surface area contributed by atoms with E-state index in [0.717, 1.165) is 17.1 Å². The van der Waals surface area contributed by atoms with Crippen molar-refractivity contribution in [3.63, 3.8) is 0 Å². The van der Waals surface area contributed by atoms with Crippen molar-refractivity contribution in [3.05, 3.63) is 150 Å². The summed E-state index contributed by atoms with van der Waals surface area (Å²) in [6.45, 7) is 0. The van der Waals surface area contributed by atoms with Crippen molar-refractivity contribution < 1.29 is 0 Å². The van der Waals surface area contributed by atoms with Gasteiger partial charge in [-0.3, -0.25) is 0 Å². The van der Waals surface area contributed by atoms with E-state index < -0.39 is 0 Å². The van der Waals surface area contributed by atoms with Crippen LogP contribution in [-0.2, 0) is 0 Å². The van der Waals surface area contributed by atoms with Crippen LogP contribution in [0.1, 0.15) is 22.7 Å². The Kier molecular flexibility index (Phi) is 5.25. The Morgan fingerprint density at radius 3 is 1.56 bits per heavy atom. The molecule has 1 aliphatic rings. The summed E-state index contributed by atoms with van der Waals surface area (Å²) in [4.78, 5) is 4.96. The zero-order chi connectivity index (χ0) is 22.7. The number of hydrogen-bond donors (Lipinski definition) is 1. The Morgan fingerprint density at radius 1 is 0.471 bits per heavy atom. The fourth-order valence-electron chi connectivity index (χ4n) is 4.62. The van der Waals surface area contributed by atoms with Crippen molar-refractivity contribution in [1.82, 2.24) is 5.32 Å². The van der Waals surface area contributed by atoms with Gasteiger partial charge >= 0.3 is 0 Å². The Balaban J connectivity index is 1.53. The molecular weight excluding hydrogens is 412 g/mol. The summed E-state index contributed by atoms with van der Waals surface area (Å²) < 4.78 is 0. The van der Waals surface area contributed by atoms with Gasteiger partial charge < -0.3 is 5.32 Å². The minimum atomic E-state index is -0.00460. The summed E-state index contributed by atoms with van der Waals surface area (Å²) >= 11 is 0. The van der Waals surface area contributed by atoms with E-state index in [-0.39, 0.29) is 6.04 Å². The summed E-state index contributed by atoms with van der Waals surface area (Å²) in [5.74, 6) is 0.899. The van der Waals surface area contributed by atoms with Crippen LogP contribution in [0, 0.1) is 0 Å². The van der Waals surface area contributed by atoms with Gasteiger partial charge in [-0.15, -0.1) is 0 Å². The number of fused-ring (bicyclic) bond motifs is 1. The molecule has 34 heavy (non-hydrogen) atoms. The van der Waals surface area contributed by atoms with Gasteiger partial charge in [-0.2, -0.15) is 0 Å². The number of nitrogens with zero attached hydrogens (tertiary/aromatic N) is 1. The highest BCUT2D eigenvalue weighted by Gasteiger charge is 2.25. The lowest BCUT2D eigenvalue weighted by Crippen LogP contribution is -2.32. The van der Waals surface area contributed by atoms with Crippen LogP contribution in [0.5, 0.6) is 0 Å². The number of benzene rings is 5. The molecule has 1 N–H and O–H groups in total. The van der Waals surface area contributed by atoms with Gasteiger partial charge in [-0.05, 0) is 52.1 Å². The largest absolute Gasteiger partial charge is 0.359 e. The Bertz CT molecular complexity index is 1400. The summed E-state index contributed by atoms with van der Waals surface area (Å²) in [6.07, 6.45) is 0. The van der Waals surface area contributed by atoms with Crippen LogP contribution in [0.2, 0.25) is 0 Å². The molecule has 2 heteroatoms. The van der Waals surface area contributed by atoms with E-state index in [4.69, 9.17) is 4.99 Å². The van der Waals surface area contributed by atoms with Gasteiger partial charge in [-0.1, -0.05) is 109 Å². The fraction of sp³-hybridized carbons (Fsp3) is 0.0312. The highest BCUT2D eigenvalue weighted by Crippen LogP contribution is 2.38. The maximum atomic E-state index is 4.96. The van der Waals surface area contributed by atoms with Crippen LogP contribution in [0.25, 0.3) is 22.3 Å². The minimum absolute atomic E-state index is 0.00460. The zero-order valence-corrected chi connectivity index (χ0v) is 18.7. The lowest BCUT2D eigenvalue weighted by atomic mass is 9.89. The first kappa shape index (κ1) is 20.2. The van der Waals surface area contributed by atoms with Gasteiger partial charge in [0.1, 0.15) is 5.84 Å². The number of aliphatic imine (C=N–C) groups is 1.